The predicted octanol–water partition coefficient (Wildman–Crippen LogP) is 3.95. The molecule has 1 saturated carbocycles. The van der Waals surface area contributed by atoms with Gasteiger partial charge in [0.1, 0.15) is 0 Å². The van der Waals surface area contributed by atoms with Crippen molar-refractivity contribution in [1.29, 1.82) is 0 Å². The Kier molecular flexibility index (Phi) is 5.76. The largest absolute Gasteiger partial charge is 0.352 e. The van der Waals surface area contributed by atoms with E-state index >= 15 is 0 Å². The molecule has 4 heteroatoms. The van der Waals surface area contributed by atoms with Gasteiger partial charge in [0, 0.05) is 22.3 Å². The van der Waals surface area contributed by atoms with E-state index < -0.39 is 0 Å². The molecule has 0 aromatic heterocycles. The quantitative estimate of drug-likeness (QED) is 0.648. The first-order chi connectivity index (χ1) is 9.24. The van der Waals surface area contributed by atoms with Crippen molar-refractivity contribution < 1.29 is 4.79 Å². The Morgan fingerprint density at radius 2 is 2.00 bits per heavy atom. The van der Waals surface area contributed by atoms with E-state index in [0.29, 0.717) is 5.92 Å². The molecule has 104 valence electrons. The number of carbonyl (C=O) groups is 1. The van der Waals surface area contributed by atoms with Gasteiger partial charge in [0.15, 0.2) is 0 Å². The summed E-state index contributed by atoms with van der Waals surface area (Å²) in [6.07, 6.45) is 5.85. The summed E-state index contributed by atoms with van der Waals surface area (Å²) in [5.74, 6) is 1.40. The number of halogens is 1. The van der Waals surface area contributed by atoms with Gasteiger partial charge in [-0.15, -0.1) is 11.8 Å². The van der Waals surface area contributed by atoms with Crippen molar-refractivity contribution in [3.63, 3.8) is 0 Å². The lowest BCUT2D eigenvalue weighted by atomic mass is 9.98. The molecule has 19 heavy (non-hydrogen) atoms. The second kappa shape index (κ2) is 7.34. The van der Waals surface area contributed by atoms with E-state index in [1.165, 1.54) is 24.2 Å². The Morgan fingerprint density at radius 3 is 2.63 bits per heavy atom. The van der Waals surface area contributed by atoms with Crippen molar-refractivity contribution in [1.82, 2.24) is 5.32 Å². The summed E-state index contributed by atoms with van der Waals surface area (Å²) in [5, 5.41) is 4.13. The van der Waals surface area contributed by atoms with Gasteiger partial charge < -0.3 is 5.32 Å². The average molecular weight is 342 g/mol. The monoisotopic (exact) mass is 341 g/mol. The van der Waals surface area contributed by atoms with Crippen LogP contribution in [0.3, 0.4) is 0 Å². The van der Waals surface area contributed by atoms with Crippen LogP contribution >= 0.6 is 27.7 Å². The Bertz CT molecular complexity index is 421. The summed E-state index contributed by atoms with van der Waals surface area (Å²) in [7, 11) is 0. The zero-order valence-corrected chi connectivity index (χ0v) is 13.6. The maximum Gasteiger partial charge on any atom is 0.251 e. The van der Waals surface area contributed by atoms with Crippen molar-refractivity contribution in [2.75, 3.05) is 18.1 Å². The lowest BCUT2D eigenvalue weighted by Crippen LogP contribution is -2.31. The molecule has 1 aliphatic carbocycles. The van der Waals surface area contributed by atoms with Crippen LogP contribution in [0.5, 0.6) is 0 Å². The van der Waals surface area contributed by atoms with E-state index in [2.05, 4.69) is 21.2 Å². The Labute approximate surface area is 127 Å². The van der Waals surface area contributed by atoms with E-state index in [-0.39, 0.29) is 5.91 Å². The van der Waals surface area contributed by atoms with E-state index in [0.717, 1.165) is 23.4 Å². The Balaban J connectivity index is 1.86. The second-order valence-corrected chi connectivity index (χ2v) is 6.57. The third-order valence-electron chi connectivity index (χ3n) is 3.89. The fourth-order valence-corrected chi connectivity index (χ4v) is 3.91. The van der Waals surface area contributed by atoms with Crippen LogP contribution < -0.4 is 5.32 Å². The lowest BCUT2D eigenvalue weighted by molar-refractivity contribution is 0.0944. The number of alkyl halides is 1. The van der Waals surface area contributed by atoms with Crippen molar-refractivity contribution in [3.05, 3.63) is 29.8 Å². The summed E-state index contributed by atoms with van der Waals surface area (Å²) in [6, 6.07) is 7.79. The molecule has 1 N–H and O–H groups in total. The maximum atomic E-state index is 12.1. The molecule has 2 rings (SSSR count). The summed E-state index contributed by atoms with van der Waals surface area (Å²) in [6.45, 7) is 0.805. The molecule has 1 aromatic carbocycles. The van der Waals surface area contributed by atoms with Crippen molar-refractivity contribution >= 4 is 33.6 Å². The van der Waals surface area contributed by atoms with Gasteiger partial charge in [0.25, 0.3) is 5.91 Å². The minimum atomic E-state index is 0.0490. The number of benzene rings is 1. The molecule has 1 aromatic rings. The maximum absolute atomic E-state index is 12.1. The van der Waals surface area contributed by atoms with Gasteiger partial charge in [-0.1, -0.05) is 22.4 Å². The normalized spacial score (nSPS) is 22.4. The van der Waals surface area contributed by atoms with Crippen LogP contribution in [0.15, 0.2) is 29.2 Å². The van der Waals surface area contributed by atoms with Gasteiger partial charge in [0.05, 0.1) is 0 Å². The van der Waals surface area contributed by atoms with Crippen LogP contribution in [-0.2, 0) is 0 Å². The van der Waals surface area contributed by atoms with Crippen LogP contribution in [-0.4, -0.2) is 24.0 Å². The number of rotatable bonds is 5. The second-order valence-electron chi connectivity index (χ2n) is 5.04. The van der Waals surface area contributed by atoms with Gasteiger partial charge in [-0.25, -0.2) is 0 Å². The van der Waals surface area contributed by atoms with Gasteiger partial charge >= 0.3 is 0 Å². The first kappa shape index (κ1) is 14.9. The third kappa shape index (κ3) is 3.99. The fraction of sp³-hybridized carbons (Fsp3) is 0.533. The van der Waals surface area contributed by atoms with Crippen LogP contribution in [0.2, 0.25) is 0 Å². The average Bonchev–Trinajstić information content (AvgIpc) is 2.92. The predicted molar refractivity (Wildman–Crippen MR) is 85.2 cm³/mol. The minimum Gasteiger partial charge on any atom is -0.352 e. The molecule has 1 fully saturated rings. The van der Waals surface area contributed by atoms with Crippen molar-refractivity contribution in [2.24, 2.45) is 11.8 Å². The highest BCUT2D eigenvalue weighted by atomic mass is 79.9. The van der Waals surface area contributed by atoms with Gasteiger partial charge in [0.2, 0.25) is 0 Å². The van der Waals surface area contributed by atoms with E-state index in [1.807, 2.05) is 30.5 Å². The number of hydrogen-bond acceptors (Lipinski definition) is 2. The number of nitrogens with one attached hydrogen (secondary N) is 1. The van der Waals surface area contributed by atoms with E-state index in [1.54, 1.807) is 11.8 Å². The topological polar surface area (TPSA) is 29.1 Å². The van der Waals surface area contributed by atoms with Gasteiger partial charge in [-0.05, 0) is 55.2 Å². The molecule has 2 nitrogen and oxygen atoms in total. The van der Waals surface area contributed by atoms with Crippen LogP contribution in [0.1, 0.15) is 29.6 Å². The van der Waals surface area contributed by atoms with Gasteiger partial charge in [-0.2, -0.15) is 0 Å². The first-order valence-electron chi connectivity index (χ1n) is 6.73. The molecule has 0 saturated heterocycles. The smallest absolute Gasteiger partial charge is 0.251 e. The number of hydrogen-bond donors (Lipinski definition) is 1. The molecule has 1 aliphatic rings. The molecule has 0 radical (unpaired) electrons. The Morgan fingerprint density at radius 1 is 1.32 bits per heavy atom. The standard InChI is InChI=1S/C15H20BrNOS/c1-19-14-7-5-11(6-8-14)15(18)17-10-13-4-2-3-12(13)9-16/h5-8,12-13H,2-4,9-10H2,1H3,(H,17,18). The summed E-state index contributed by atoms with van der Waals surface area (Å²) in [4.78, 5) is 13.3. The molecule has 2 unspecified atom stereocenters. The van der Waals surface area contributed by atoms with E-state index in [9.17, 15) is 4.79 Å². The zero-order chi connectivity index (χ0) is 13.7. The number of carbonyl (C=O) groups excluding carboxylic acids is 1. The minimum absolute atomic E-state index is 0.0490. The van der Waals surface area contributed by atoms with Crippen LogP contribution in [0, 0.1) is 11.8 Å². The summed E-state index contributed by atoms with van der Waals surface area (Å²) in [5.41, 5.74) is 0.756. The molecule has 1 amide bonds. The lowest BCUT2D eigenvalue weighted by Gasteiger charge is -2.17. The highest BCUT2D eigenvalue weighted by Crippen LogP contribution is 2.32. The molecular weight excluding hydrogens is 322 g/mol. The molecule has 0 heterocycles. The number of thioether (sulfide) groups is 1. The first-order valence-corrected chi connectivity index (χ1v) is 9.07. The van der Waals surface area contributed by atoms with E-state index in [4.69, 9.17) is 0 Å². The molecule has 0 spiro atoms. The highest BCUT2D eigenvalue weighted by Gasteiger charge is 2.26. The Hall–Kier alpha value is -0.480. The van der Waals surface area contributed by atoms with Crippen LogP contribution in [0.4, 0.5) is 0 Å². The molecule has 0 aliphatic heterocycles. The third-order valence-corrected chi connectivity index (χ3v) is 5.47. The summed E-state index contributed by atoms with van der Waals surface area (Å²) >= 11 is 5.26. The highest BCUT2D eigenvalue weighted by molar-refractivity contribution is 9.09. The SMILES string of the molecule is CSc1ccc(C(=O)NCC2CCCC2CBr)cc1. The van der Waals surface area contributed by atoms with Gasteiger partial charge in [-0.3, -0.25) is 4.79 Å². The molecule has 0 bridgehead atoms. The zero-order valence-electron chi connectivity index (χ0n) is 11.2. The van der Waals surface area contributed by atoms with Crippen molar-refractivity contribution in [2.45, 2.75) is 24.2 Å². The summed E-state index contributed by atoms with van der Waals surface area (Å²) < 4.78 is 0. The molecule has 2 atom stereocenters. The molecular formula is C15H20BrNOS. The van der Waals surface area contributed by atoms with Crippen molar-refractivity contribution in [3.8, 4) is 0 Å². The number of amides is 1. The fourth-order valence-electron chi connectivity index (χ4n) is 2.65. The van der Waals surface area contributed by atoms with Crippen LogP contribution in [0.25, 0.3) is 0 Å².